The van der Waals surface area contributed by atoms with Crippen molar-refractivity contribution >= 4 is 27.3 Å². The van der Waals surface area contributed by atoms with Crippen molar-refractivity contribution in [1.29, 1.82) is 0 Å². The number of nitrogens with zero attached hydrogens (tertiary/aromatic N) is 1. The first-order valence-corrected chi connectivity index (χ1v) is 12.7. The van der Waals surface area contributed by atoms with E-state index >= 15 is 0 Å². The third-order valence-electron chi connectivity index (χ3n) is 6.49. The first kappa shape index (κ1) is 25.2. The molecular weight excluding hydrogens is 485 g/mol. The van der Waals surface area contributed by atoms with Gasteiger partial charge >= 0.3 is 6.18 Å². The Kier molecular flexibility index (Phi) is 6.21. The van der Waals surface area contributed by atoms with E-state index in [1.54, 1.807) is 13.0 Å². The number of nitrogens with one attached hydrogen (secondary N) is 1. The van der Waals surface area contributed by atoms with Gasteiger partial charge in [-0.25, -0.2) is 8.42 Å². The molecule has 35 heavy (non-hydrogen) atoms. The molecule has 1 aliphatic carbocycles. The van der Waals surface area contributed by atoms with Crippen LogP contribution in [0.3, 0.4) is 0 Å². The molecule has 4 rings (SSSR count). The number of sulfone groups is 1. The largest absolute Gasteiger partial charge is 0.421 e. The number of hydrogen-bond acceptors (Lipinski definition) is 5. The lowest BCUT2D eigenvalue weighted by molar-refractivity contribution is -0.258. The monoisotopic (exact) mass is 510 g/mol. The molecule has 0 bridgehead atoms. The third-order valence-corrected chi connectivity index (χ3v) is 8.75. The molecule has 2 N–H and O–H groups in total. The van der Waals surface area contributed by atoms with E-state index in [-0.39, 0.29) is 35.0 Å². The number of carbonyl (C=O) groups is 2. The summed E-state index contributed by atoms with van der Waals surface area (Å²) in [7, 11) is -3.45. The number of anilines is 1. The Morgan fingerprint density at radius 2 is 1.74 bits per heavy atom. The number of halogens is 3. The molecule has 2 aliphatic rings. The van der Waals surface area contributed by atoms with Gasteiger partial charge in [0, 0.05) is 18.7 Å². The van der Waals surface area contributed by atoms with Gasteiger partial charge < -0.3 is 15.3 Å². The molecule has 7 nitrogen and oxygen atoms in total. The van der Waals surface area contributed by atoms with Gasteiger partial charge in [0.15, 0.2) is 15.4 Å². The molecule has 2 aromatic carbocycles. The van der Waals surface area contributed by atoms with E-state index in [0.29, 0.717) is 30.9 Å². The fourth-order valence-corrected chi connectivity index (χ4v) is 5.85. The smallest absolute Gasteiger partial charge is 0.376 e. The lowest BCUT2D eigenvalue weighted by atomic mass is 9.95. The molecule has 1 saturated carbocycles. The Hall–Kier alpha value is -2.92. The molecular formula is C24H25F3N2O5S. The second-order valence-electron chi connectivity index (χ2n) is 9.02. The van der Waals surface area contributed by atoms with Crippen molar-refractivity contribution < 1.29 is 36.3 Å². The minimum absolute atomic E-state index is 0.0709. The van der Waals surface area contributed by atoms with Crippen molar-refractivity contribution in [3.8, 4) is 0 Å². The predicted octanol–water partition coefficient (Wildman–Crippen LogP) is 3.82. The summed E-state index contributed by atoms with van der Waals surface area (Å²) in [4.78, 5) is 27.3. The molecule has 0 spiro atoms. The molecule has 2 unspecified atom stereocenters. The molecule has 188 valence electrons. The summed E-state index contributed by atoms with van der Waals surface area (Å²) in [5.74, 6) is -0.886. The average molecular weight is 511 g/mol. The summed E-state index contributed by atoms with van der Waals surface area (Å²) >= 11 is 0. The van der Waals surface area contributed by atoms with Crippen molar-refractivity contribution in [1.82, 2.24) is 4.90 Å². The molecule has 2 aromatic rings. The maximum Gasteiger partial charge on any atom is 0.421 e. The quantitative estimate of drug-likeness (QED) is 0.615. The molecule has 2 amide bonds. The van der Waals surface area contributed by atoms with Gasteiger partial charge in [-0.3, -0.25) is 9.59 Å². The van der Waals surface area contributed by atoms with Crippen molar-refractivity contribution in [2.45, 2.75) is 67.6 Å². The van der Waals surface area contributed by atoms with Crippen LogP contribution in [0.15, 0.2) is 47.4 Å². The van der Waals surface area contributed by atoms with Crippen LogP contribution >= 0.6 is 0 Å². The Labute approximate surface area is 200 Å². The number of rotatable bonds is 6. The van der Waals surface area contributed by atoms with E-state index in [2.05, 4.69) is 5.32 Å². The van der Waals surface area contributed by atoms with Crippen molar-refractivity contribution in [3.05, 3.63) is 59.2 Å². The van der Waals surface area contributed by atoms with Gasteiger partial charge in [0.1, 0.15) is 6.04 Å². The van der Waals surface area contributed by atoms with Crippen LogP contribution in [0, 0.1) is 0 Å². The van der Waals surface area contributed by atoms with E-state index in [4.69, 9.17) is 0 Å². The van der Waals surface area contributed by atoms with Gasteiger partial charge in [-0.05, 0) is 60.7 Å². The SMILES string of the molecule is CCC(=O)N1Cc2cc(S(=O)(=O)C3CC3)ccc2C1C(=O)Nc1ccc(C(C)(O)C(F)(F)F)cc1. The highest BCUT2D eigenvalue weighted by Gasteiger charge is 2.51. The van der Waals surface area contributed by atoms with Crippen LogP contribution in [0.5, 0.6) is 0 Å². The number of hydrogen-bond donors (Lipinski definition) is 2. The normalized spacial score (nSPS) is 19.7. The van der Waals surface area contributed by atoms with Crippen LogP contribution in [-0.4, -0.2) is 41.7 Å². The predicted molar refractivity (Wildman–Crippen MR) is 121 cm³/mol. The van der Waals surface area contributed by atoms with Crippen LogP contribution < -0.4 is 5.32 Å². The molecule has 0 saturated heterocycles. The minimum atomic E-state index is -4.88. The third kappa shape index (κ3) is 4.54. The Balaban J connectivity index is 1.60. The van der Waals surface area contributed by atoms with Gasteiger partial charge in [0.2, 0.25) is 5.91 Å². The highest BCUT2D eigenvalue weighted by atomic mass is 32.2. The zero-order valence-corrected chi connectivity index (χ0v) is 19.9. The lowest BCUT2D eigenvalue weighted by Gasteiger charge is -2.27. The van der Waals surface area contributed by atoms with E-state index < -0.39 is 38.8 Å². The second kappa shape index (κ2) is 8.63. The van der Waals surface area contributed by atoms with Crippen molar-refractivity contribution in [2.75, 3.05) is 5.32 Å². The molecule has 11 heteroatoms. The summed E-state index contributed by atoms with van der Waals surface area (Å²) in [5, 5.41) is 12.0. The number of alkyl halides is 3. The van der Waals surface area contributed by atoms with E-state index in [1.807, 2.05) is 0 Å². The maximum absolute atomic E-state index is 13.2. The second-order valence-corrected chi connectivity index (χ2v) is 11.2. The van der Waals surface area contributed by atoms with Gasteiger partial charge in [0.25, 0.3) is 5.91 Å². The average Bonchev–Trinajstić information content (AvgIpc) is 3.58. The van der Waals surface area contributed by atoms with E-state index in [0.717, 1.165) is 12.1 Å². The highest BCUT2D eigenvalue weighted by molar-refractivity contribution is 7.92. The number of carbonyl (C=O) groups excluding carboxylic acids is 2. The van der Waals surface area contributed by atoms with Gasteiger partial charge in [-0.2, -0.15) is 13.2 Å². The Bertz CT molecular complexity index is 1270. The van der Waals surface area contributed by atoms with E-state index in [1.165, 1.54) is 29.2 Å². The maximum atomic E-state index is 13.2. The molecule has 0 aromatic heterocycles. The highest BCUT2D eigenvalue weighted by Crippen LogP contribution is 2.40. The molecule has 2 atom stereocenters. The first-order chi connectivity index (χ1) is 16.3. The summed E-state index contributed by atoms with van der Waals surface area (Å²) in [5.41, 5.74) is -2.20. The minimum Gasteiger partial charge on any atom is -0.376 e. The fraction of sp³-hybridized carbons (Fsp3) is 0.417. The van der Waals surface area contributed by atoms with Crippen LogP contribution in [0.4, 0.5) is 18.9 Å². The van der Waals surface area contributed by atoms with Gasteiger partial charge in [-0.15, -0.1) is 0 Å². The molecule has 1 heterocycles. The van der Waals surface area contributed by atoms with Crippen molar-refractivity contribution in [2.24, 2.45) is 0 Å². The zero-order chi connectivity index (χ0) is 25.8. The number of fused-ring (bicyclic) bond motifs is 1. The summed E-state index contributed by atoms with van der Waals surface area (Å²) in [6.07, 6.45) is -3.52. The standard InChI is InChI=1S/C24H25F3N2O5S/c1-3-20(30)29-13-14-12-18(35(33,34)17-8-9-17)10-11-19(14)21(29)22(31)28-16-6-4-15(5-7-16)23(2,32)24(25,26)27/h4-7,10-12,17,21,32H,3,8-9,13H2,1-2H3,(H,28,31). The zero-order valence-electron chi connectivity index (χ0n) is 19.1. The topological polar surface area (TPSA) is 104 Å². The molecule has 1 aliphatic heterocycles. The molecule has 1 fully saturated rings. The Morgan fingerprint density at radius 3 is 2.29 bits per heavy atom. The van der Waals surface area contributed by atoms with Crippen LogP contribution in [0.1, 0.15) is 55.8 Å². The van der Waals surface area contributed by atoms with Crippen LogP contribution in [0.25, 0.3) is 0 Å². The Morgan fingerprint density at radius 1 is 1.11 bits per heavy atom. The van der Waals surface area contributed by atoms with Crippen LogP contribution in [0.2, 0.25) is 0 Å². The number of amides is 2. The summed E-state index contributed by atoms with van der Waals surface area (Å²) < 4.78 is 64.5. The fourth-order valence-electron chi connectivity index (χ4n) is 4.15. The number of aliphatic hydroxyl groups is 1. The van der Waals surface area contributed by atoms with Gasteiger partial charge in [0.05, 0.1) is 10.1 Å². The molecule has 0 radical (unpaired) electrons. The summed E-state index contributed by atoms with van der Waals surface area (Å²) in [6.45, 7) is 2.36. The number of benzene rings is 2. The lowest BCUT2D eigenvalue weighted by Crippen LogP contribution is -2.39. The first-order valence-electron chi connectivity index (χ1n) is 11.1. The summed E-state index contributed by atoms with van der Waals surface area (Å²) in [6, 6.07) is 8.09. The van der Waals surface area contributed by atoms with Gasteiger partial charge in [-0.1, -0.05) is 25.1 Å². The van der Waals surface area contributed by atoms with E-state index in [9.17, 15) is 36.3 Å². The van der Waals surface area contributed by atoms with Crippen molar-refractivity contribution in [3.63, 3.8) is 0 Å². The van der Waals surface area contributed by atoms with Crippen LogP contribution in [-0.2, 0) is 31.6 Å².